The van der Waals surface area contributed by atoms with Crippen LogP contribution in [0.15, 0.2) is 36.4 Å². The predicted octanol–water partition coefficient (Wildman–Crippen LogP) is 5.21. The van der Waals surface area contributed by atoms with Gasteiger partial charge in [0, 0.05) is 5.56 Å². The number of rotatable bonds is 7. The van der Waals surface area contributed by atoms with E-state index in [1.165, 1.54) is 19.2 Å². The lowest BCUT2D eigenvalue weighted by molar-refractivity contribution is 0.0602. The summed E-state index contributed by atoms with van der Waals surface area (Å²) in [6, 6.07) is 9.50. The van der Waals surface area contributed by atoms with Gasteiger partial charge < -0.3 is 14.8 Å². The van der Waals surface area contributed by atoms with Crippen molar-refractivity contribution in [1.29, 1.82) is 0 Å². The van der Waals surface area contributed by atoms with Crippen LogP contribution in [0.5, 0.6) is 5.75 Å². The second kappa shape index (κ2) is 9.46. The quantitative estimate of drug-likeness (QED) is 0.515. The number of ether oxygens (including phenoxy) is 2. The molecule has 7 heteroatoms. The van der Waals surface area contributed by atoms with Gasteiger partial charge in [0.1, 0.15) is 0 Å². The number of esters is 1. The summed E-state index contributed by atoms with van der Waals surface area (Å²) in [5.74, 6) is -0.643. The van der Waals surface area contributed by atoms with Crippen LogP contribution in [0.25, 0.3) is 0 Å². The summed E-state index contributed by atoms with van der Waals surface area (Å²) in [7, 11) is 1.28. The van der Waals surface area contributed by atoms with Crippen molar-refractivity contribution in [3.8, 4) is 5.75 Å². The van der Waals surface area contributed by atoms with E-state index in [2.05, 4.69) is 5.32 Å². The summed E-state index contributed by atoms with van der Waals surface area (Å²) < 4.78 is 10.3. The van der Waals surface area contributed by atoms with Crippen molar-refractivity contribution in [2.24, 2.45) is 0 Å². The fraction of sp³-hybridized carbons (Fsp3) is 0.263. The molecule has 0 aliphatic heterocycles. The van der Waals surface area contributed by atoms with Crippen LogP contribution in [-0.4, -0.2) is 25.6 Å². The Kier molecular flexibility index (Phi) is 7.30. The first-order valence-electron chi connectivity index (χ1n) is 8.08. The van der Waals surface area contributed by atoms with Crippen LogP contribution in [0.4, 0.5) is 5.69 Å². The van der Waals surface area contributed by atoms with Gasteiger partial charge in [0.15, 0.2) is 5.75 Å². The van der Waals surface area contributed by atoms with Crippen LogP contribution < -0.4 is 10.1 Å². The van der Waals surface area contributed by atoms with E-state index in [0.29, 0.717) is 18.0 Å². The molecule has 1 amide bonds. The molecule has 0 aliphatic rings. The Morgan fingerprint density at radius 3 is 2.38 bits per heavy atom. The molecule has 2 rings (SSSR count). The smallest absolute Gasteiger partial charge is 0.339 e. The van der Waals surface area contributed by atoms with Gasteiger partial charge >= 0.3 is 5.97 Å². The lowest BCUT2D eigenvalue weighted by Crippen LogP contribution is -2.15. The molecule has 5 nitrogen and oxygen atoms in total. The van der Waals surface area contributed by atoms with E-state index >= 15 is 0 Å². The van der Waals surface area contributed by atoms with E-state index in [0.717, 1.165) is 12.8 Å². The Balaban J connectivity index is 2.22. The first-order chi connectivity index (χ1) is 12.5. The molecule has 2 aromatic carbocycles. The van der Waals surface area contributed by atoms with Crippen molar-refractivity contribution < 1.29 is 19.1 Å². The van der Waals surface area contributed by atoms with Gasteiger partial charge in [-0.1, -0.05) is 48.7 Å². The van der Waals surface area contributed by atoms with Gasteiger partial charge in [-0.15, -0.1) is 0 Å². The van der Waals surface area contributed by atoms with E-state index in [4.69, 9.17) is 32.7 Å². The molecule has 0 spiro atoms. The predicted molar refractivity (Wildman–Crippen MR) is 103 cm³/mol. The van der Waals surface area contributed by atoms with Gasteiger partial charge in [0.2, 0.25) is 0 Å². The molecular weight excluding hydrogens is 377 g/mol. The number of methoxy groups -OCH3 is 1. The first kappa shape index (κ1) is 20.1. The number of carbonyl (C=O) groups is 2. The molecule has 0 saturated heterocycles. The minimum Gasteiger partial charge on any atom is -0.490 e. The Morgan fingerprint density at radius 1 is 1.12 bits per heavy atom. The molecule has 0 saturated carbocycles. The number of hydrogen-bond donors (Lipinski definition) is 1. The summed E-state index contributed by atoms with van der Waals surface area (Å²) >= 11 is 12.4. The number of amides is 1. The van der Waals surface area contributed by atoms with E-state index in [1.807, 2.05) is 6.92 Å². The molecule has 0 fully saturated rings. The van der Waals surface area contributed by atoms with Crippen LogP contribution in [0.2, 0.25) is 10.0 Å². The topological polar surface area (TPSA) is 64.6 Å². The normalized spacial score (nSPS) is 10.3. The number of benzene rings is 2. The molecule has 0 aromatic heterocycles. The standard InChI is InChI=1S/C19H19Cl2NO4/c1-3-4-9-26-17-14(20)10-12(11-15(17)21)18(23)22-16-8-6-5-7-13(16)19(24)25-2/h5-8,10-11H,3-4,9H2,1-2H3,(H,22,23). The number of unbranched alkanes of at least 4 members (excludes halogenated alkanes) is 1. The molecule has 0 unspecified atom stereocenters. The third kappa shape index (κ3) is 4.90. The number of para-hydroxylation sites is 1. The maximum Gasteiger partial charge on any atom is 0.339 e. The van der Waals surface area contributed by atoms with Gasteiger partial charge in [0.05, 0.1) is 35.0 Å². The number of anilines is 1. The van der Waals surface area contributed by atoms with Crippen molar-refractivity contribution in [1.82, 2.24) is 0 Å². The zero-order valence-electron chi connectivity index (χ0n) is 14.5. The number of nitrogens with one attached hydrogen (secondary N) is 1. The molecule has 0 heterocycles. The lowest BCUT2D eigenvalue weighted by atomic mass is 10.1. The van der Waals surface area contributed by atoms with Gasteiger partial charge in [-0.2, -0.15) is 0 Å². The average molecular weight is 396 g/mol. The monoisotopic (exact) mass is 395 g/mol. The van der Waals surface area contributed by atoms with Crippen LogP contribution in [0, 0.1) is 0 Å². The molecule has 0 bridgehead atoms. The maximum atomic E-state index is 12.5. The second-order valence-electron chi connectivity index (χ2n) is 5.46. The minimum atomic E-state index is -0.545. The Hall–Kier alpha value is -2.24. The summed E-state index contributed by atoms with van der Waals surface area (Å²) in [4.78, 5) is 24.3. The van der Waals surface area contributed by atoms with E-state index in [1.54, 1.807) is 24.3 Å². The van der Waals surface area contributed by atoms with Gasteiger partial charge in [-0.05, 0) is 30.7 Å². The van der Waals surface area contributed by atoms with Gasteiger partial charge in [-0.25, -0.2) is 4.79 Å². The van der Waals surface area contributed by atoms with Gasteiger partial charge in [0.25, 0.3) is 5.91 Å². The molecule has 0 atom stereocenters. The fourth-order valence-corrected chi connectivity index (χ4v) is 2.82. The first-order valence-corrected chi connectivity index (χ1v) is 8.84. The van der Waals surface area contributed by atoms with E-state index < -0.39 is 11.9 Å². The third-order valence-corrected chi connectivity index (χ3v) is 4.15. The molecule has 0 radical (unpaired) electrons. The highest BCUT2D eigenvalue weighted by atomic mass is 35.5. The Morgan fingerprint density at radius 2 is 1.77 bits per heavy atom. The van der Waals surface area contributed by atoms with Gasteiger partial charge in [-0.3, -0.25) is 4.79 Å². The third-order valence-electron chi connectivity index (χ3n) is 3.59. The highest BCUT2D eigenvalue weighted by Crippen LogP contribution is 2.34. The summed E-state index contributed by atoms with van der Waals surface area (Å²) in [5.41, 5.74) is 0.836. The summed E-state index contributed by atoms with van der Waals surface area (Å²) in [6.07, 6.45) is 1.86. The lowest BCUT2D eigenvalue weighted by Gasteiger charge is -2.13. The molecule has 2 aromatic rings. The number of halogens is 2. The number of carbonyl (C=O) groups excluding carboxylic acids is 2. The van der Waals surface area contributed by atoms with Crippen molar-refractivity contribution in [3.05, 3.63) is 57.6 Å². The molecule has 0 aliphatic carbocycles. The summed E-state index contributed by atoms with van der Waals surface area (Å²) in [5, 5.41) is 3.17. The average Bonchev–Trinajstić information content (AvgIpc) is 2.63. The zero-order chi connectivity index (χ0) is 19.1. The maximum absolute atomic E-state index is 12.5. The molecule has 138 valence electrons. The Bertz CT molecular complexity index is 785. The molecule has 26 heavy (non-hydrogen) atoms. The zero-order valence-corrected chi connectivity index (χ0v) is 16.0. The van der Waals surface area contributed by atoms with Crippen molar-refractivity contribution in [3.63, 3.8) is 0 Å². The molecule has 1 N–H and O–H groups in total. The second-order valence-corrected chi connectivity index (χ2v) is 6.28. The highest BCUT2D eigenvalue weighted by molar-refractivity contribution is 6.37. The van der Waals surface area contributed by atoms with Crippen LogP contribution in [0.1, 0.15) is 40.5 Å². The van der Waals surface area contributed by atoms with Crippen molar-refractivity contribution >= 4 is 40.8 Å². The fourth-order valence-electron chi connectivity index (χ4n) is 2.22. The SMILES string of the molecule is CCCCOc1c(Cl)cc(C(=O)Nc2ccccc2C(=O)OC)cc1Cl. The van der Waals surface area contributed by atoms with E-state index in [9.17, 15) is 9.59 Å². The van der Waals surface area contributed by atoms with Crippen LogP contribution in [0.3, 0.4) is 0 Å². The van der Waals surface area contributed by atoms with E-state index in [-0.39, 0.29) is 21.2 Å². The Labute approximate surface area is 162 Å². The minimum absolute atomic E-state index is 0.250. The van der Waals surface area contributed by atoms with Crippen molar-refractivity contribution in [2.45, 2.75) is 19.8 Å². The van der Waals surface area contributed by atoms with Crippen LogP contribution >= 0.6 is 23.2 Å². The molecular formula is C19H19Cl2NO4. The number of hydrogen-bond acceptors (Lipinski definition) is 4. The summed E-state index contributed by atoms with van der Waals surface area (Å²) in [6.45, 7) is 2.54. The highest BCUT2D eigenvalue weighted by Gasteiger charge is 2.17. The largest absolute Gasteiger partial charge is 0.490 e. The van der Waals surface area contributed by atoms with Crippen LogP contribution in [-0.2, 0) is 4.74 Å². The van der Waals surface area contributed by atoms with Crippen molar-refractivity contribution in [2.75, 3.05) is 19.0 Å².